The highest BCUT2D eigenvalue weighted by molar-refractivity contribution is 5.95. The molecule has 3 rings (SSSR count). The number of carbonyl (C=O) groups is 2. The van der Waals surface area contributed by atoms with Crippen molar-refractivity contribution in [1.29, 1.82) is 5.26 Å². The average molecular weight is 358 g/mol. The molecule has 1 saturated heterocycles. The van der Waals surface area contributed by atoms with Crippen LogP contribution >= 0.6 is 0 Å². The molecule has 0 saturated carbocycles. The minimum absolute atomic E-state index is 0.238. The van der Waals surface area contributed by atoms with Crippen molar-refractivity contribution in [2.45, 2.75) is 44.8 Å². The molecule has 0 unspecified atom stereocenters. The first kappa shape index (κ1) is 17.9. The molecule has 2 aliphatic heterocycles. The summed E-state index contributed by atoms with van der Waals surface area (Å²) in [7, 11) is 0. The number of nitrogens with two attached hydrogens (primary N) is 1. The Morgan fingerprint density at radius 1 is 1.38 bits per heavy atom. The summed E-state index contributed by atoms with van der Waals surface area (Å²) in [5, 5.41) is 18.9. The Balaban J connectivity index is 2.09. The van der Waals surface area contributed by atoms with Crippen molar-refractivity contribution in [2.75, 3.05) is 23.7 Å². The van der Waals surface area contributed by atoms with Crippen molar-refractivity contribution < 1.29 is 19.4 Å². The van der Waals surface area contributed by atoms with Gasteiger partial charge in [0.2, 0.25) is 0 Å². The molecule has 1 fully saturated rings. The molecule has 0 aliphatic carbocycles. The maximum atomic E-state index is 12.9. The molecule has 0 bridgehead atoms. The van der Waals surface area contributed by atoms with E-state index in [1.807, 2.05) is 0 Å². The fourth-order valence-corrected chi connectivity index (χ4v) is 3.75. The summed E-state index contributed by atoms with van der Waals surface area (Å²) < 4.78 is 5.55. The van der Waals surface area contributed by atoms with Gasteiger partial charge in [0.15, 0.2) is 0 Å². The lowest BCUT2D eigenvalue weighted by Gasteiger charge is -2.37. The number of rotatable bonds is 0. The van der Waals surface area contributed by atoms with E-state index in [2.05, 4.69) is 6.07 Å². The van der Waals surface area contributed by atoms with E-state index in [9.17, 15) is 20.0 Å². The van der Waals surface area contributed by atoms with Crippen LogP contribution in [0.25, 0.3) is 0 Å². The zero-order chi connectivity index (χ0) is 19.2. The lowest BCUT2D eigenvalue weighted by Crippen LogP contribution is -2.50. The number of nitrogens with zero attached hydrogens (tertiary/aromatic N) is 3. The molecule has 1 aromatic rings. The smallest absolute Gasteiger partial charge is 0.415 e. The van der Waals surface area contributed by atoms with Crippen LogP contribution in [0.2, 0.25) is 0 Å². The van der Waals surface area contributed by atoms with Gasteiger partial charge in [-0.1, -0.05) is 0 Å². The lowest BCUT2D eigenvalue weighted by atomic mass is 9.88. The van der Waals surface area contributed by atoms with Crippen molar-refractivity contribution >= 4 is 23.6 Å². The third-order valence-electron chi connectivity index (χ3n) is 4.69. The minimum Gasteiger partial charge on any atom is -0.465 e. The van der Waals surface area contributed by atoms with E-state index < -0.39 is 17.8 Å². The minimum atomic E-state index is -0.995. The van der Waals surface area contributed by atoms with Crippen molar-refractivity contribution in [3.8, 4) is 6.07 Å². The Morgan fingerprint density at radius 2 is 2.08 bits per heavy atom. The Kier molecular flexibility index (Phi) is 4.18. The second kappa shape index (κ2) is 6.09. The number of carbonyl (C=O) groups excluding carboxylic acids is 1. The molecular weight excluding hydrogens is 336 g/mol. The van der Waals surface area contributed by atoms with E-state index in [0.29, 0.717) is 29.9 Å². The highest BCUT2D eigenvalue weighted by atomic mass is 16.6. The van der Waals surface area contributed by atoms with Crippen molar-refractivity contribution in [3.05, 3.63) is 23.3 Å². The maximum absolute atomic E-state index is 12.9. The van der Waals surface area contributed by atoms with E-state index in [1.54, 1.807) is 26.8 Å². The van der Waals surface area contributed by atoms with Gasteiger partial charge in [0.05, 0.1) is 17.3 Å². The van der Waals surface area contributed by atoms with E-state index in [1.165, 1.54) is 15.9 Å². The molecule has 2 aliphatic rings. The molecular formula is C18H22N4O4. The van der Waals surface area contributed by atoms with E-state index in [-0.39, 0.29) is 18.5 Å². The van der Waals surface area contributed by atoms with Crippen LogP contribution in [0.15, 0.2) is 12.1 Å². The first-order valence-corrected chi connectivity index (χ1v) is 8.46. The van der Waals surface area contributed by atoms with Gasteiger partial charge in [-0.2, -0.15) is 5.26 Å². The molecule has 2 heterocycles. The molecule has 8 nitrogen and oxygen atoms in total. The molecule has 1 aromatic carbocycles. The summed E-state index contributed by atoms with van der Waals surface area (Å²) in [6, 6.07) is 5.10. The normalized spacial score (nSPS) is 21.6. The van der Waals surface area contributed by atoms with E-state index >= 15 is 0 Å². The number of ether oxygens (including phenoxy) is 1. The van der Waals surface area contributed by atoms with Crippen molar-refractivity contribution in [1.82, 2.24) is 4.90 Å². The van der Waals surface area contributed by atoms with Crippen LogP contribution in [0.5, 0.6) is 0 Å². The number of nitrogen functional groups attached to an aromatic ring is 1. The van der Waals surface area contributed by atoms with Crippen LogP contribution in [0.1, 0.15) is 44.2 Å². The Labute approximate surface area is 151 Å². The van der Waals surface area contributed by atoms with Crippen molar-refractivity contribution in [3.63, 3.8) is 0 Å². The second-order valence-corrected chi connectivity index (χ2v) is 7.66. The molecule has 2 atom stereocenters. The number of carboxylic acid groups (broad SMARTS) is 1. The molecule has 0 spiro atoms. The molecule has 26 heavy (non-hydrogen) atoms. The summed E-state index contributed by atoms with van der Waals surface area (Å²) in [6.07, 6.45) is -1.06. The topological polar surface area (TPSA) is 120 Å². The standard InChI is InChI=1S/C18H22N4O4/c1-18(2,3)26-17(25)22-14-4-5-21(16(23)24)9-13(14)12-7-11(20)6-10(8-19)15(12)22/h6-7,13-14H,4-5,9,20H2,1-3H3,(H,23,24)/t13-,14-/m0/s1. The Morgan fingerprint density at radius 3 is 2.65 bits per heavy atom. The van der Waals surface area contributed by atoms with Gasteiger partial charge in [-0.15, -0.1) is 0 Å². The van der Waals surface area contributed by atoms with Gasteiger partial charge in [0.25, 0.3) is 0 Å². The third-order valence-corrected chi connectivity index (χ3v) is 4.69. The highest BCUT2D eigenvalue weighted by Gasteiger charge is 2.48. The fraction of sp³-hybridized carbons (Fsp3) is 0.500. The van der Waals surface area contributed by atoms with E-state index in [4.69, 9.17) is 10.5 Å². The fourth-order valence-electron chi connectivity index (χ4n) is 3.75. The number of hydrogen-bond donors (Lipinski definition) is 2. The van der Waals surface area contributed by atoms with Gasteiger partial charge in [0.1, 0.15) is 11.7 Å². The zero-order valence-electron chi connectivity index (χ0n) is 15.0. The molecule has 8 heteroatoms. The quantitative estimate of drug-likeness (QED) is 0.688. The van der Waals surface area contributed by atoms with Gasteiger partial charge in [-0.3, -0.25) is 4.90 Å². The molecule has 2 amide bonds. The molecule has 138 valence electrons. The average Bonchev–Trinajstić information content (AvgIpc) is 2.86. The molecule has 0 aromatic heterocycles. The number of anilines is 2. The maximum Gasteiger partial charge on any atom is 0.415 e. The molecule has 3 N–H and O–H groups in total. The third kappa shape index (κ3) is 3.01. The SMILES string of the molecule is CC(C)(C)OC(=O)N1c2c(C#N)cc(N)cc2[C@@H]2CN(C(=O)O)CC[C@@H]21. The number of nitriles is 1. The van der Waals surface area contributed by atoms with Gasteiger partial charge in [-0.05, 0) is 44.9 Å². The predicted molar refractivity (Wildman–Crippen MR) is 95.0 cm³/mol. The van der Waals surface area contributed by atoms with Crippen LogP contribution in [-0.4, -0.2) is 46.9 Å². The van der Waals surface area contributed by atoms with Gasteiger partial charge < -0.3 is 20.5 Å². The van der Waals surface area contributed by atoms with Crippen LogP contribution in [0.3, 0.4) is 0 Å². The zero-order valence-corrected chi connectivity index (χ0v) is 15.0. The summed E-state index contributed by atoms with van der Waals surface area (Å²) in [6.45, 7) is 5.91. The summed E-state index contributed by atoms with van der Waals surface area (Å²) in [5.74, 6) is -0.238. The van der Waals surface area contributed by atoms with E-state index in [0.717, 1.165) is 5.56 Å². The second-order valence-electron chi connectivity index (χ2n) is 7.66. The van der Waals surface area contributed by atoms with Crippen LogP contribution < -0.4 is 10.6 Å². The summed E-state index contributed by atoms with van der Waals surface area (Å²) in [5.41, 5.74) is 7.17. The van der Waals surface area contributed by atoms with Crippen LogP contribution in [0, 0.1) is 11.3 Å². The number of likely N-dealkylation sites (tertiary alicyclic amines) is 1. The highest BCUT2D eigenvalue weighted by Crippen LogP contribution is 2.47. The van der Waals surface area contributed by atoms with Gasteiger partial charge in [0, 0.05) is 24.7 Å². The Hall–Kier alpha value is -2.95. The predicted octanol–water partition coefficient (Wildman–Crippen LogP) is 2.73. The number of hydrogen-bond acceptors (Lipinski definition) is 5. The number of fused-ring (bicyclic) bond motifs is 3. The molecule has 0 radical (unpaired) electrons. The monoisotopic (exact) mass is 358 g/mol. The lowest BCUT2D eigenvalue weighted by molar-refractivity contribution is 0.0552. The van der Waals surface area contributed by atoms with Crippen molar-refractivity contribution in [2.24, 2.45) is 0 Å². The van der Waals surface area contributed by atoms with Crippen LogP contribution in [-0.2, 0) is 4.74 Å². The number of amides is 2. The number of piperidine rings is 1. The first-order valence-electron chi connectivity index (χ1n) is 8.46. The summed E-state index contributed by atoms with van der Waals surface area (Å²) >= 11 is 0. The first-order chi connectivity index (χ1) is 12.1. The van der Waals surface area contributed by atoms with Gasteiger partial charge >= 0.3 is 12.2 Å². The van der Waals surface area contributed by atoms with Crippen LogP contribution in [0.4, 0.5) is 21.0 Å². The Bertz CT molecular complexity index is 809. The summed E-state index contributed by atoms with van der Waals surface area (Å²) in [4.78, 5) is 27.1. The number of benzene rings is 1. The van der Waals surface area contributed by atoms with Gasteiger partial charge in [-0.25, -0.2) is 9.59 Å². The largest absolute Gasteiger partial charge is 0.465 e.